The van der Waals surface area contributed by atoms with Crippen LogP contribution in [0.5, 0.6) is 0 Å². The molecule has 1 atom stereocenters. The van der Waals surface area contributed by atoms with E-state index < -0.39 is 17.9 Å². The summed E-state index contributed by atoms with van der Waals surface area (Å²) in [6.07, 6.45) is 1.74. The molecule has 1 amide bonds. The van der Waals surface area contributed by atoms with Crippen LogP contribution in [0.15, 0.2) is 24.5 Å². The van der Waals surface area contributed by atoms with Gasteiger partial charge in [0.2, 0.25) is 0 Å². The van der Waals surface area contributed by atoms with Gasteiger partial charge < -0.3 is 15.0 Å². The number of carbonyl (C=O) groups is 2. The second-order valence-corrected chi connectivity index (χ2v) is 5.98. The Morgan fingerprint density at radius 3 is 2.45 bits per heavy atom. The van der Waals surface area contributed by atoms with Gasteiger partial charge in [-0.25, -0.2) is 9.78 Å². The van der Waals surface area contributed by atoms with Crippen molar-refractivity contribution in [3.8, 4) is 0 Å². The van der Waals surface area contributed by atoms with E-state index in [1.165, 1.54) is 0 Å². The topological polar surface area (TPSA) is 84.2 Å². The number of benzene rings is 1. The smallest absolute Gasteiger partial charge is 0.326 e. The van der Waals surface area contributed by atoms with Gasteiger partial charge in [-0.2, -0.15) is 0 Å². The summed E-state index contributed by atoms with van der Waals surface area (Å²) in [7, 11) is 0. The number of fused-ring (bicyclic) bond motifs is 1. The third-order valence-electron chi connectivity index (χ3n) is 3.61. The number of amides is 1. The van der Waals surface area contributed by atoms with Gasteiger partial charge in [0.1, 0.15) is 6.04 Å². The number of nitrogens with one attached hydrogen (secondary N) is 1. The molecule has 0 saturated heterocycles. The predicted molar refractivity (Wildman–Crippen MR) is 83.8 cm³/mol. The van der Waals surface area contributed by atoms with Crippen LogP contribution in [0, 0.1) is 5.92 Å². The fourth-order valence-corrected chi connectivity index (χ4v) is 2.32. The van der Waals surface area contributed by atoms with E-state index in [1.54, 1.807) is 32.3 Å². The van der Waals surface area contributed by atoms with Gasteiger partial charge in [0.05, 0.1) is 17.4 Å². The molecule has 2 rings (SSSR count). The average molecular weight is 303 g/mol. The number of hydrogen-bond donors (Lipinski definition) is 2. The monoisotopic (exact) mass is 303 g/mol. The van der Waals surface area contributed by atoms with Gasteiger partial charge in [-0.15, -0.1) is 0 Å². The van der Waals surface area contributed by atoms with Gasteiger partial charge in [-0.1, -0.05) is 13.8 Å². The standard InChI is InChI=1S/C16H21N3O3/c1-9(2)14(16(21)22)18-15(20)11-5-6-13-12(7-11)17-8-19(13)10(3)4/h5-10,14H,1-4H3,(H,18,20)(H,21,22). The molecule has 6 heteroatoms. The highest BCUT2D eigenvalue weighted by molar-refractivity contribution is 5.99. The molecule has 0 bridgehead atoms. The number of carboxylic acids is 1. The predicted octanol–water partition coefficient (Wildman–Crippen LogP) is 2.46. The van der Waals surface area contributed by atoms with Crippen LogP contribution < -0.4 is 5.32 Å². The van der Waals surface area contributed by atoms with Gasteiger partial charge in [0.25, 0.3) is 5.91 Å². The van der Waals surface area contributed by atoms with Crippen molar-refractivity contribution in [2.24, 2.45) is 5.92 Å². The minimum atomic E-state index is -1.03. The number of aliphatic carboxylic acids is 1. The highest BCUT2D eigenvalue weighted by Crippen LogP contribution is 2.19. The molecular weight excluding hydrogens is 282 g/mol. The lowest BCUT2D eigenvalue weighted by atomic mass is 10.0. The summed E-state index contributed by atoms with van der Waals surface area (Å²) in [5.41, 5.74) is 2.08. The maximum Gasteiger partial charge on any atom is 0.326 e. The van der Waals surface area contributed by atoms with Crippen molar-refractivity contribution >= 4 is 22.9 Å². The Labute approximate surface area is 129 Å². The molecule has 0 aliphatic carbocycles. The Morgan fingerprint density at radius 2 is 1.91 bits per heavy atom. The van der Waals surface area contributed by atoms with Gasteiger partial charge in [0, 0.05) is 11.6 Å². The van der Waals surface area contributed by atoms with Crippen molar-refractivity contribution in [3.63, 3.8) is 0 Å². The second-order valence-electron chi connectivity index (χ2n) is 5.98. The maximum absolute atomic E-state index is 12.2. The Morgan fingerprint density at radius 1 is 1.23 bits per heavy atom. The van der Waals surface area contributed by atoms with Crippen LogP contribution in [0.3, 0.4) is 0 Å². The zero-order chi connectivity index (χ0) is 16.4. The van der Waals surface area contributed by atoms with Crippen molar-refractivity contribution in [2.45, 2.75) is 39.8 Å². The molecule has 2 aromatic rings. The Kier molecular flexibility index (Phi) is 4.49. The van der Waals surface area contributed by atoms with E-state index in [2.05, 4.69) is 24.1 Å². The summed E-state index contributed by atoms with van der Waals surface area (Å²) in [4.78, 5) is 27.7. The maximum atomic E-state index is 12.2. The molecule has 0 saturated carbocycles. The molecule has 6 nitrogen and oxygen atoms in total. The first kappa shape index (κ1) is 16.0. The fraction of sp³-hybridized carbons (Fsp3) is 0.438. The average Bonchev–Trinajstić information content (AvgIpc) is 2.86. The largest absolute Gasteiger partial charge is 0.480 e. The van der Waals surface area contributed by atoms with Crippen molar-refractivity contribution in [1.29, 1.82) is 0 Å². The van der Waals surface area contributed by atoms with Crippen LogP contribution in [0.25, 0.3) is 11.0 Å². The van der Waals surface area contributed by atoms with E-state index in [9.17, 15) is 9.59 Å². The number of nitrogens with zero attached hydrogens (tertiary/aromatic N) is 2. The molecule has 1 aromatic heterocycles. The molecule has 0 spiro atoms. The lowest BCUT2D eigenvalue weighted by Crippen LogP contribution is -2.44. The number of carboxylic acid groups (broad SMARTS) is 1. The van der Waals surface area contributed by atoms with Gasteiger partial charge in [-0.3, -0.25) is 4.79 Å². The highest BCUT2D eigenvalue weighted by atomic mass is 16.4. The van der Waals surface area contributed by atoms with Crippen molar-refractivity contribution in [1.82, 2.24) is 14.9 Å². The van der Waals surface area contributed by atoms with E-state index in [4.69, 9.17) is 5.11 Å². The number of rotatable bonds is 5. The third kappa shape index (κ3) is 3.10. The lowest BCUT2D eigenvalue weighted by molar-refractivity contribution is -0.140. The van der Waals surface area contributed by atoms with E-state index >= 15 is 0 Å². The Balaban J connectivity index is 2.27. The molecule has 0 aliphatic heterocycles. The molecule has 1 unspecified atom stereocenters. The lowest BCUT2D eigenvalue weighted by Gasteiger charge is -2.17. The number of imidazole rings is 1. The molecular formula is C16H21N3O3. The van der Waals surface area contributed by atoms with Gasteiger partial charge >= 0.3 is 5.97 Å². The van der Waals surface area contributed by atoms with Crippen molar-refractivity contribution < 1.29 is 14.7 Å². The molecule has 1 heterocycles. The van der Waals surface area contributed by atoms with Crippen LogP contribution in [-0.4, -0.2) is 32.6 Å². The molecule has 2 N–H and O–H groups in total. The zero-order valence-corrected chi connectivity index (χ0v) is 13.2. The van der Waals surface area contributed by atoms with E-state index in [0.29, 0.717) is 5.56 Å². The normalized spacial score (nSPS) is 12.8. The second kappa shape index (κ2) is 6.17. The van der Waals surface area contributed by atoms with E-state index in [-0.39, 0.29) is 12.0 Å². The molecule has 0 fully saturated rings. The molecule has 0 aliphatic rings. The third-order valence-corrected chi connectivity index (χ3v) is 3.61. The van der Waals surface area contributed by atoms with Crippen LogP contribution in [0.4, 0.5) is 0 Å². The first-order valence-electron chi connectivity index (χ1n) is 7.31. The minimum absolute atomic E-state index is 0.190. The summed E-state index contributed by atoms with van der Waals surface area (Å²) in [6, 6.07) is 4.58. The summed E-state index contributed by atoms with van der Waals surface area (Å²) < 4.78 is 2.02. The van der Waals surface area contributed by atoms with Crippen molar-refractivity contribution in [2.75, 3.05) is 0 Å². The first-order chi connectivity index (χ1) is 10.3. The van der Waals surface area contributed by atoms with Gasteiger partial charge in [-0.05, 0) is 38.0 Å². The quantitative estimate of drug-likeness (QED) is 0.888. The summed E-state index contributed by atoms with van der Waals surface area (Å²) in [5.74, 6) is -1.62. The van der Waals surface area contributed by atoms with Crippen LogP contribution in [0.2, 0.25) is 0 Å². The van der Waals surface area contributed by atoms with Crippen LogP contribution in [0.1, 0.15) is 44.1 Å². The number of carbonyl (C=O) groups excluding carboxylic acids is 1. The molecule has 0 radical (unpaired) electrons. The summed E-state index contributed by atoms with van der Waals surface area (Å²) >= 11 is 0. The van der Waals surface area contributed by atoms with Gasteiger partial charge in [0.15, 0.2) is 0 Å². The Hall–Kier alpha value is -2.37. The highest BCUT2D eigenvalue weighted by Gasteiger charge is 2.24. The molecule has 22 heavy (non-hydrogen) atoms. The summed E-state index contributed by atoms with van der Waals surface area (Å²) in [5, 5.41) is 11.7. The molecule has 118 valence electrons. The van der Waals surface area contributed by atoms with E-state index in [0.717, 1.165) is 11.0 Å². The first-order valence-corrected chi connectivity index (χ1v) is 7.31. The minimum Gasteiger partial charge on any atom is -0.480 e. The van der Waals surface area contributed by atoms with E-state index in [1.807, 2.05) is 10.6 Å². The van der Waals surface area contributed by atoms with Crippen molar-refractivity contribution in [3.05, 3.63) is 30.1 Å². The number of hydrogen-bond acceptors (Lipinski definition) is 3. The zero-order valence-electron chi connectivity index (χ0n) is 13.2. The summed E-state index contributed by atoms with van der Waals surface area (Å²) in [6.45, 7) is 7.63. The van der Waals surface area contributed by atoms with Crippen LogP contribution in [-0.2, 0) is 4.79 Å². The molecule has 1 aromatic carbocycles. The SMILES string of the molecule is CC(C)C(NC(=O)c1ccc2c(c1)ncn2C(C)C)C(=O)O. The van der Waals surface area contributed by atoms with Crippen LogP contribution >= 0.6 is 0 Å². The number of aromatic nitrogens is 2. The Bertz CT molecular complexity index is 704. The fourth-order valence-electron chi connectivity index (χ4n) is 2.32.